The zero-order chi connectivity index (χ0) is 18.0. The van der Waals surface area contributed by atoms with Gasteiger partial charge in [0.15, 0.2) is 11.7 Å². The van der Waals surface area contributed by atoms with Crippen LogP contribution in [-0.4, -0.2) is 34.9 Å². The quantitative estimate of drug-likeness (QED) is 0.798. The second-order valence-electron chi connectivity index (χ2n) is 7.74. The summed E-state index contributed by atoms with van der Waals surface area (Å²) in [6, 6.07) is 0. The number of rotatable bonds is 4. The molecule has 0 aromatic carbocycles. The van der Waals surface area contributed by atoms with Crippen LogP contribution in [0.2, 0.25) is 0 Å². The summed E-state index contributed by atoms with van der Waals surface area (Å²) < 4.78 is 5.05. The molecule has 1 aliphatic heterocycles. The van der Waals surface area contributed by atoms with Crippen LogP contribution in [0.5, 0.6) is 0 Å². The number of fused-ring (bicyclic) bond motifs is 1. The Labute approximate surface area is 147 Å². The Morgan fingerprint density at radius 2 is 1.96 bits per heavy atom. The topological polar surface area (TPSA) is 76.0 Å². The Morgan fingerprint density at radius 1 is 1.24 bits per heavy atom. The summed E-state index contributed by atoms with van der Waals surface area (Å²) in [5, 5.41) is 10.9. The number of carbonyl (C=O) groups excluding carboxylic acids is 2. The van der Waals surface area contributed by atoms with Crippen molar-refractivity contribution in [2.75, 3.05) is 6.54 Å². The van der Waals surface area contributed by atoms with Crippen molar-refractivity contribution < 1.29 is 19.4 Å². The molecule has 1 saturated carbocycles. The molecule has 1 fully saturated rings. The van der Waals surface area contributed by atoms with Crippen LogP contribution < -0.4 is 0 Å². The van der Waals surface area contributed by atoms with Gasteiger partial charge in [-0.05, 0) is 69.2 Å². The van der Waals surface area contributed by atoms with Gasteiger partial charge in [0, 0.05) is 17.4 Å². The number of Topliss-reactive ketones (excluding diaryl/α,β-unsaturated/α-hetero) is 1. The number of cyclic esters (lactones) is 1. The summed E-state index contributed by atoms with van der Waals surface area (Å²) >= 11 is 0. The van der Waals surface area contributed by atoms with E-state index in [1.54, 1.807) is 6.92 Å². The fraction of sp³-hybridized carbons (Fsp3) is 0.550. The molecule has 0 bridgehead atoms. The average Bonchev–Trinajstić information content (AvgIpc) is 3.19. The Kier molecular flexibility index (Phi) is 3.45. The van der Waals surface area contributed by atoms with Crippen molar-refractivity contribution in [1.29, 1.82) is 0 Å². The first-order chi connectivity index (χ1) is 11.8. The molecule has 1 spiro atoms. The molecule has 4 aliphatic rings. The minimum absolute atomic E-state index is 0.124. The first-order valence-electron chi connectivity index (χ1n) is 8.93. The molecule has 4 rings (SSSR count). The summed E-state index contributed by atoms with van der Waals surface area (Å²) in [4.78, 5) is 28.1. The van der Waals surface area contributed by atoms with E-state index in [1.165, 1.54) is 5.57 Å². The van der Waals surface area contributed by atoms with Crippen LogP contribution in [-0.2, 0) is 14.3 Å². The fourth-order valence-corrected chi connectivity index (χ4v) is 4.63. The molecule has 5 heteroatoms. The molecule has 1 N–H and O–H groups in total. The van der Waals surface area contributed by atoms with E-state index in [1.807, 2.05) is 13.0 Å². The lowest BCUT2D eigenvalue weighted by molar-refractivity contribution is -0.137. The SMILES string of the molecule is CC1=C(CCCC2=NCC(=O)O2)C2=C(C)C3(CC3)[C@@](C)(O)C(=O)C2=C1. The van der Waals surface area contributed by atoms with E-state index in [4.69, 9.17) is 4.74 Å². The second kappa shape index (κ2) is 5.24. The summed E-state index contributed by atoms with van der Waals surface area (Å²) in [7, 11) is 0. The highest BCUT2D eigenvalue weighted by Crippen LogP contribution is 2.65. The number of carbonyl (C=O) groups is 2. The van der Waals surface area contributed by atoms with Crippen LogP contribution >= 0.6 is 0 Å². The van der Waals surface area contributed by atoms with Crippen molar-refractivity contribution in [3.8, 4) is 0 Å². The molecule has 25 heavy (non-hydrogen) atoms. The van der Waals surface area contributed by atoms with E-state index in [9.17, 15) is 14.7 Å². The minimum atomic E-state index is -1.30. The molecule has 0 aromatic rings. The maximum absolute atomic E-state index is 12.9. The highest BCUT2D eigenvalue weighted by molar-refractivity contribution is 6.10. The second-order valence-corrected chi connectivity index (χ2v) is 7.74. The van der Waals surface area contributed by atoms with Gasteiger partial charge in [0.25, 0.3) is 0 Å². The molecule has 0 unspecified atom stereocenters. The first kappa shape index (κ1) is 16.5. The molecule has 0 saturated heterocycles. The standard InChI is InChI=1S/C20H23NO4/c1-11-9-14-17(12(2)20(7-8-20)19(3,24)18(14)23)13(11)5-4-6-15-21-10-16(22)25-15/h9,24H,4-8,10H2,1-3H3/t19-/m0/s1. The van der Waals surface area contributed by atoms with Gasteiger partial charge < -0.3 is 9.84 Å². The Bertz CT molecular complexity index is 819. The van der Waals surface area contributed by atoms with Gasteiger partial charge in [-0.25, -0.2) is 9.79 Å². The van der Waals surface area contributed by atoms with Gasteiger partial charge in [0.1, 0.15) is 12.1 Å². The normalized spacial score (nSPS) is 29.9. The van der Waals surface area contributed by atoms with Crippen molar-refractivity contribution in [1.82, 2.24) is 0 Å². The zero-order valence-electron chi connectivity index (χ0n) is 14.9. The van der Waals surface area contributed by atoms with Crippen LogP contribution in [0.1, 0.15) is 52.9 Å². The number of allylic oxidation sites excluding steroid dienone is 4. The van der Waals surface area contributed by atoms with E-state index < -0.39 is 5.60 Å². The number of hydrogen-bond acceptors (Lipinski definition) is 5. The predicted molar refractivity (Wildman–Crippen MR) is 93.0 cm³/mol. The number of ether oxygens (including phenoxy) is 1. The zero-order valence-corrected chi connectivity index (χ0v) is 14.9. The third-order valence-electron chi connectivity index (χ3n) is 6.30. The Morgan fingerprint density at radius 3 is 2.56 bits per heavy atom. The molecule has 132 valence electrons. The van der Waals surface area contributed by atoms with Crippen LogP contribution in [0.3, 0.4) is 0 Å². The third kappa shape index (κ3) is 2.21. The van der Waals surface area contributed by atoms with Gasteiger partial charge in [0.05, 0.1) is 0 Å². The number of hydrogen-bond donors (Lipinski definition) is 1. The summed E-state index contributed by atoms with van der Waals surface area (Å²) in [6.45, 7) is 5.89. The van der Waals surface area contributed by atoms with Crippen LogP contribution in [0.4, 0.5) is 0 Å². The molecule has 1 atom stereocenters. The largest absolute Gasteiger partial charge is 0.411 e. The van der Waals surface area contributed by atoms with Gasteiger partial charge in [-0.3, -0.25) is 4.79 Å². The van der Waals surface area contributed by atoms with Gasteiger partial charge in [0.2, 0.25) is 0 Å². The first-order valence-corrected chi connectivity index (χ1v) is 8.93. The Hall–Kier alpha value is -2.01. The molecule has 3 aliphatic carbocycles. The molecular formula is C20H23NO4. The molecule has 1 heterocycles. The van der Waals surface area contributed by atoms with Crippen LogP contribution in [0.15, 0.2) is 38.9 Å². The highest BCUT2D eigenvalue weighted by atomic mass is 16.6. The lowest BCUT2D eigenvalue weighted by Gasteiger charge is -2.39. The lowest BCUT2D eigenvalue weighted by Crippen LogP contribution is -2.49. The van der Waals surface area contributed by atoms with E-state index >= 15 is 0 Å². The maximum atomic E-state index is 12.9. The summed E-state index contributed by atoms with van der Waals surface area (Å²) in [6.07, 6.45) is 5.91. The van der Waals surface area contributed by atoms with E-state index in [0.29, 0.717) is 17.9 Å². The van der Waals surface area contributed by atoms with Gasteiger partial charge >= 0.3 is 5.97 Å². The van der Waals surface area contributed by atoms with E-state index in [0.717, 1.165) is 42.4 Å². The summed E-state index contributed by atoms with van der Waals surface area (Å²) in [5.41, 5.74) is 3.48. The Balaban J connectivity index is 1.58. The molecule has 5 nitrogen and oxygen atoms in total. The molecular weight excluding hydrogens is 318 g/mol. The van der Waals surface area contributed by atoms with Gasteiger partial charge in [-0.2, -0.15) is 0 Å². The number of nitrogens with zero attached hydrogens (tertiary/aromatic N) is 1. The summed E-state index contributed by atoms with van der Waals surface area (Å²) in [5.74, 6) is 0.0834. The maximum Gasteiger partial charge on any atom is 0.334 e. The molecule has 0 amide bonds. The van der Waals surface area contributed by atoms with Crippen molar-refractivity contribution in [3.05, 3.63) is 33.9 Å². The smallest absolute Gasteiger partial charge is 0.334 e. The number of aliphatic hydroxyl groups is 1. The van der Waals surface area contributed by atoms with Crippen LogP contribution in [0.25, 0.3) is 0 Å². The van der Waals surface area contributed by atoms with Crippen LogP contribution in [0, 0.1) is 5.41 Å². The molecule has 0 radical (unpaired) electrons. The van der Waals surface area contributed by atoms with E-state index in [2.05, 4.69) is 11.9 Å². The van der Waals surface area contributed by atoms with Crippen molar-refractivity contribution in [3.63, 3.8) is 0 Å². The fourth-order valence-electron chi connectivity index (χ4n) is 4.63. The molecule has 0 aromatic heterocycles. The van der Waals surface area contributed by atoms with E-state index in [-0.39, 0.29) is 23.7 Å². The minimum Gasteiger partial charge on any atom is -0.411 e. The number of ketones is 1. The predicted octanol–water partition coefficient (Wildman–Crippen LogP) is 2.80. The van der Waals surface area contributed by atoms with Crippen molar-refractivity contribution >= 4 is 17.7 Å². The van der Waals surface area contributed by atoms with Crippen molar-refractivity contribution in [2.45, 2.75) is 58.5 Å². The lowest BCUT2D eigenvalue weighted by atomic mass is 9.67. The van der Waals surface area contributed by atoms with Gasteiger partial charge in [-0.1, -0.05) is 5.57 Å². The van der Waals surface area contributed by atoms with Gasteiger partial charge in [-0.15, -0.1) is 0 Å². The van der Waals surface area contributed by atoms with Crippen molar-refractivity contribution in [2.24, 2.45) is 10.4 Å². The number of esters is 1. The third-order valence-corrected chi connectivity index (χ3v) is 6.30. The highest BCUT2D eigenvalue weighted by Gasteiger charge is 2.64. The average molecular weight is 341 g/mol. The monoisotopic (exact) mass is 341 g/mol. The number of aliphatic imine (C=N–C) groups is 1.